The molecule has 1 heterocycles. The van der Waals surface area contributed by atoms with Crippen LogP contribution in [0, 0.1) is 5.92 Å². The lowest BCUT2D eigenvalue weighted by Gasteiger charge is -2.55. The van der Waals surface area contributed by atoms with Gasteiger partial charge in [-0.3, -0.25) is 14.5 Å². The largest absolute Gasteiger partial charge is 0.427 e. The molecule has 34 heavy (non-hydrogen) atoms. The fraction of sp³-hybridized carbons (Fsp3) is 0.429. The van der Waals surface area contributed by atoms with Crippen LogP contribution < -0.4 is 10.1 Å². The number of nitrogens with zero attached hydrogens (tertiary/aromatic N) is 1. The van der Waals surface area contributed by atoms with Crippen LogP contribution in [0.1, 0.15) is 42.1 Å². The zero-order chi connectivity index (χ0) is 24.1. The third-order valence-corrected chi connectivity index (χ3v) is 7.35. The number of carbonyl (C=O) groups excluding carboxylic acids is 2. The van der Waals surface area contributed by atoms with Crippen LogP contribution in [0.5, 0.6) is 5.75 Å². The number of likely N-dealkylation sites (tertiary alicyclic amines) is 1. The van der Waals surface area contributed by atoms with Crippen LogP contribution in [-0.4, -0.2) is 55.7 Å². The molecule has 1 saturated heterocycles. The standard InChI is InChI=1S/C28H34N2O4/c1-4-14-30-15-13-28(22-11-8-12-24(16-22)34-20(2)31)18-23(17-26(33-3)25(28)19-30)29-27(32)21-9-6-5-7-10-21/h4-12,16,23,25-26H,1,13-15,17-19H2,2-3H3,(H,29,32)/t23-,25?,26?,28?/m1/s1. The molecule has 1 aliphatic heterocycles. The summed E-state index contributed by atoms with van der Waals surface area (Å²) in [5.41, 5.74) is 1.59. The third kappa shape index (κ3) is 5.08. The fourth-order valence-corrected chi connectivity index (χ4v) is 5.87. The number of hydrogen-bond acceptors (Lipinski definition) is 5. The molecule has 2 aliphatic rings. The van der Waals surface area contributed by atoms with Crippen molar-refractivity contribution >= 4 is 11.9 Å². The Morgan fingerprint density at radius 3 is 2.71 bits per heavy atom. The van der Waals surface area contributed by atoms with Crippen LogP contribution in [0.4, 0.5) is 0 Å². The lowest BCUT2D eigenvalue weighted by atomic mass is 9.57. The molecule has 4 atom stereocenters. The Morgan fingerprint density at radius 1 is 1.21 bits per heavy atom. The van der Waals surface area contributed by atoms with E-state index in [1.54, 1.807) is 7.11 Å². The number of rotatable bonds is 7. The van der Waals surface area contributed by atoms with Crippen molar-refractivity contribution in [3.63, 3.8) is 0 Å². The zero-order valence-electron chi connectivity index (χ0n) is 20.0. The van der Waals surface area contributed by atoms with Crippen LogP contribution >= 0.6 is 0 Å². The molecule has 1 saturated carbocycles. The van der Waals surface area contributed by atoms with Gasteiger partial charge in [0.2, 0.25) is 0 Å². The van der Waals surface area contributed by atoms with E-state index in [0.29, 0.717) is 11.3 Å². The summed E-state index contributed by atoms with van der Waals surface area (Å²) in [4.78, 5) is 27.0. The number of piperidine rings is 1. The molecule has 2 fully saturated rings. The molecule has 2 aromatic carbocycles. The van der Waals surface area contributed by atoms with Crippen molar-refractivity contribution < 1.29 is 19.1 Å². The highest BCUT2D eigenvalue weighted by Crippen LogP contribution is 2.50. The van der Waals surface area contributed by atoms with Gasteiger partial charge in [0.15, 0.2) is 0 Å². The first-order valence-corrected chi connectivity index (χ1v) is 12.0. The smallest absolute Gasteiger partial charge is 0.308 e. The molecule has 6 heteroatoms. The molecule has 2 aromatic rings. The summed E-state index contributed by atoms with van der Waals surface area (Å²) in [7, 11) is 1.76. The Labute approximate surface area is 201 Å². The Morgan fingerprint density at radius 2 is 2.00 bits per heavy atom. The number of methoxy groups -OCH3 is 1. The maximum absolute atomic E-state index is 13.0. The van der Waals surface area contributed by atoms with Crippen molar-refractivity contribution in [2.75, 3.05) is 26.7 Å². The van der Waals surface area contributed by atoms with Gasteiger partial charge >= 0.3 is 5.97 Å². The van der Waals surface area contributed by atoms with Gasteiger partial charge in [-0.25, -0.2) is 0 Å². The summed E-state index contributed by atoms with van der Waals surface area (Å²) < 4.78 is 11.5. The van der Waals surface area contributed by atoms with Crippen molar-refractivity contribution in [2.24, 2.45) is 5.92 Å². The van der Waals surface area contributed by atoms with Crippen LogP contribution in [0.15, 0.2) is 67.3 Å². The lowest BCUT2D eigenvalue weighted by molar-refractivity contribution is -0.131. The zero-order valence-corrected chi connectivity index (χ0v) is 20.0. The second-order valence-electron chi connectivity index (χ2n) is 9.43. The first-order chi connectivity index (χ1) is 16.4. The summed E-state index contributed by atoms with van der Waals surface area (Å²) in [5, 5.41) is 3.28. The van der Waals surface area contributed by atoms with Gasteiger partial charge in [0.05, 0.1) is 6.10 Å². The fourth-order valence-electron chi connectivity index (χ4n) is 5.87. The number of hydrogen-bond donors (Lipinski definition) is 1. The van der Waals surface area contributed by atoms with Gasteiger partial charge in [-0.05, 0) is 55.6 Å². The Hall–Kier alpha value is -2.96. The summed E-state index contributed by atoms with van der Waals surface area (Å²) in [6.07, 6.45) is 4.42. The molecule has 180 valence electrons. The van der Waals surface area contributed by atoms with E-state index in [4.69, 9.17) is 9.47 Å². The number of nitrogens with one attached hydrogen (secondary N) is 1. The first-order valence-electron chi connectivity index (χ1n) is 12.0. The molecular formula is C28H34N2O4. The van der Waals surface area contributed by atoms with Gasteiger partial charge in [-0.15, -0.1) is 6.58 Å². The van der Waals surface area contributed by atoms with Gasteiger partial charge in [0, 0.05) is 50.1 Å². The van der Waals surface area contributed by atoms with Crippen molar-refractivity contribution in [3.05, 3.63) is 78.4 Å². The summed E-state index contributed by atoms with van der Waals surface area (Å²) in [5.74, 6) is 0.393. The van der Waals surface area contributed by atoms with Crippen molar-refractivity contribution in [1.29, 1.82) is 0 Å². The predicted octanol–water partition coefficient (Wildman–Crippen LogP) is 3.97. The van der Waals surface area contributed by atoms with E-state index in [1.807, 2.05) is 54.6 Å². The van der Waals surface area contributed by atoms with Gasteiger partial charge in [0.1, 0.15) is 5.75 Å². The maximum Gasteiger partial charge on any atom is 0.308 e. The lowest BCUT2D eigenvalue weighted by Crippen LogP contribution is -2.61. The van der Waals surface area contributed by atoms with Crippen LogP contribution in [-0.2, 0) is 14.9 Å². The molecule has 0 radical (unpaired) electrons. The molecule has 4 rings (SSSR count). The van der Waals surface area contributed by atoms with Crippen molar-refractivity contribution in [3.8, 4) is 5.75 Å². The summed E-state index contributed by atoms with van der Waals surface area (Å²) >= 11 is 0. The van der Waals surface area contributed by atoms with Crippen molar-refractivity contribution in [1.82, 2.24) is 10.2 Å². The summed E-state index contributed by atoms with van der Waals surface area (Å²) in [6, 6.07) is 17.2. The normalized spacial score (nSPS) is 26.8. The molecule has 6 nitrogen and oxygen atoms in total. The Bertz CT molecular complexity index is 1020. The summed E-state index contributed by atoms with van der Waals surface area (Å²) in [6.45, 7) is 7.99. The van der Waals surface area contributed by atoms with E-state index in [2.05, 4.69) is 22.9 Å². The van der Waals surface area contributed by atoms with E-state index in [9.17, 15) is 9.59 Å². The third-order valence-electron chi connectivity index (χ3n) is 7.35. The monoisotopic (exact) mass is 462 g/mol. The van der Waals surface area contributed by atoms with Gasteiger partial charge in [0.25, 0.3) is 5.91 Å². The Balaban J connectivity index is 1.68. The second-order valence-corrected chi connectivity index (χ2v) is 9.43. The quantitative estimate of drug-likeness (QED) is 0.383. The predicted molar refractivity (Wildman–Crippen MR) is 132 cm³/mol. The highest BCUT2D eigenvalue weighted by Gasteiger charge is 2.52. The molecule has 0 aromatic heterocycles. The Kier molecular flexibility index (Phi) is 7.49. The average Bonchev–Trinajstić information content (AvgIpc) is 2.84. The first kappa shape index (κ1) is 24.2. The van der Waals surface area contributed by atoms with Crippen LogP contribution in [0.3, 0.4) is 0 Å². The van der Waals surface area contributed by atoms with E-state index in [1.165, 1.54) is 6.92 Å². The average molecular weight is 463 g/mol. The highest BCUT2D eigenvalue weighted by atomic mass is 16.5. The van der Waals surface area contributed by atoms with Gasteiger partial charge in [-0.2, -0.15) is 0 Å². The second kappa shape index (κ2) is 10.5. The molecule has 0 bridgehead atoms. The minimum Gasteiger partial charge on any atom is -0.427 e. The molecule has 3 unspecified atom stereocenters. The van der Waals surface area contributed by atoms with E-state index >= 15 is 0 Å². The molecular weight excluding hydrogens is 428 g/mol. The number of carbonyl (C=O) groups is 2. The van der Waals surface area contributed by atoms with E-state index < -0.39 is 0 Å². The number of fused-ring (bicyclic) bond motifs is 1. The van der Waals surface area contributed by atoms with E-state index in [0.717, 1.165) is 44.5 Å². The molecule has 0 spiro atoms. The number of benzene rings is 2. The van der Waals surface area contributed by atoms with Crippen LogP contribution in [0.25, 0.3) is 0 Å². The van der Waals surface area contributed by atoms with Gasteiger partial charge in [-0.1, -0.05) is 36.4 Å². The number of ether oxygens (including phenoxy) is 2. The highest BCUT2D eigenvalue weighted by molar-refractivity contribution is 5.94. The number of amides is 1. The molecule has 1 N–H and O–H groups in total. The van der Waals surface area contributed by atoms with Crippen LogP contribution in [0.2, 0.25) is 0 Å². The minimum absolute atomic E-state index is 0.0141. The van der Waals surface area contributed by atoms with Gasteiger partial charge < -0.3 is 14.8 Å². The van der Waals surface area contributed by atoms with Crippen molar-refractivity contribution in [2.45, 2.75) is 43.7 Å². The topological polar surface area (TPSA) is 67.9 Å². The molecule has 1 aliphatic carbocycles. The molecule has 1 amide bonds. The SMILES string of the molecule is C=CCN1CCC2(c3cccc(OC(C)=O)c3)C[C@H](NC(=O)c3ccccc3)CC(OC)C2C1. The minimum atomic E-state index is -0.335. The number of esters is 1. The van der Waals surface area contributed by atoms with E-state index in [-0.39, 0.29) is 35.4 Å². The maximum atomic E-state index is 13.0.